The Morgan fingerprint density at radius 2 is 2.00 bits per heavy atom. The van der Waals surface area contributed by atoms with Crippen molar-refractivity contribution in [2.24, 2.45) is 11.8 Å². The fraction of sp³-hybridized carbons (Fsp3) is 0.538. The lowest BCUT2D eigenvalue weighted by molar-refractivity contribution is 0.196. The van der Waals surface area contributed by atoms with Crippen LogP contribution in [0.15, 0.2) is 18.2 Å². The molecule has 0 saturated heterocycles. The van der Waals surface area contributed by atoms with Crippen molar-refractivity contribution in [2.75, 3.05) is 0 Å². The van der Waals surface area contributed by atoms with Crippen molar-refractivity contribution < 1.29 is 4.39 Å². The average molecular weight is 227 g/mol. The van der Waals surface area contributed by atoms with Crippen LogP contribution in [-0.2, 0) is 0 Å². The van der Waals surface area contributed by atoms with E-state index < -0.39 is 0 Å². The van der Waals surface area contributed by atoms with Crippen LogP contribution in [-0.4, -0.2) is 0 Å². The van der Waals surface area contributed by atoms with E-state index in [1.807, 2.05) is 6.07 Å². The molecule has 0 atom stereocenters. The van der Waals surface area contributed by atoms with Gasteiger partial charge in [-0.25, -0.2) is 4.39 Å². The Morgan fingerprint density at radius 1 is 1.33 bits per heavy atom. The van der Waals surface area contributed by atoms with Gasteiger partial charge in [0.15, 0.2) is 0 Å². The van der Waals surface area contributed by atoms with E-state index in [1.54, 1.807) is 6.07 Å². The van der Waals surface area contributed by atoms with Crippen molar-refractivity contribution in [2.45, 2.75) is 32.6 Å². The molecule has 0 nitrogen and oxygen atoms in total. The van der Waals surface area contributed by atoms with Gasteiger partial charge in [0.1, 0.15) is 5.82 Å². The molecule has 1 saturated carbocycles. The van der Waals surface area contributed by atoms with Crippen LogP contribution in [0.4, 0.5) is 4.39 Å². The third-order valence-electron chi connectivity index (χ3n) is 3.53. The van der Waals surface area contributed by atoms with Gasteiger partial charge in [-0.3, -0.25) is 0 Å². The Morgan fingerprint density at radius 3 is 2.53 bits per heavy atom. The molecular weight excluding hydrogens is 211 g/mol. The highest BCUT2D eigenvalue weighted by Crippen LogP contribution is 2.45. The zero-order chi connectivity index (χ0) is 11.0. The number of halogens is 2. The van der Waals surface area contributed by atoms with Crippen LogP contribution in [0.3, 0.4) is 0 Å². The van der Waals surface area contributed by atoms with E-state index in [4.69, 9.17) is 11.6 Å². The van der Waals surface area contributed by atoms with Gasteiger partial charge in [0, 0.05) is 0 Å². The molecule has 0 unspecified atom stereocenters. The normalized spacial score (nSPS) is 25.4. The maximum atomic E-state index is 13.0. The second-order valence-electron chi connectivity index (χ2n) is 4.85. The standard InChI is InChI=1S/C13H16ClF/c1-8(2)10-5-11(6-10)9-3-4-13(15)12(14)7-9/h3-4,7-8,10-11H,5-6H2,1-2H3. The van der Waals surface area contributed by atoms with Gasteiger partial charge in [0.25, 0.3) is 0 Å². The molecule has 0 N–H and O–H groups in total. The lowest BCUT2D eigenvalue weighted by atomic mass is 9.67. The van der Waals surface area contributed by atoms with E-state index in [9.17, 15) is 4.39 Å². The molecule has 82 valence electrons. The first-order valence-electron chi connectivity index (χ1n) is 5.53. The van der Waals surface area contributed by atoms with Gasteiger partial charge in [-0.1, -0.05) is 31.5 Å². The summed E-state index contributed by atoms with van der Waals surface area (Å²) in [4.78, 5) is 0. The zero-order valence-electron chi connectivity index (χ0n) is 9.13. The minimum absolute atomic E-state index is 0.250. The lowest BCUT2D eigenvalue weighted by Crippen LogP contribution is -2.26. The predicted octanol–water partition coefficient (Wildman–Crippen LogP) is 4.63. The first-order chi connectivity index (χ1) is 7.08. The first-order valence-corrected chi connectivity index (χ1v) is 5.90. The molecule has 0 spiro atoms. The van der Waals surface area contributed by atoms with Crippen LogP contribution >= 0.6 is 11.6 Å². The fourth-order valence-corrected chi connectivity index (χ4v) is 2.43. The van der Waals surface area contributed by atoms with E-state index in [0.717, 1.165) is 11.8 Å². The summed E-state index contributed by atoms with van der Waals surface area (Å²) in [5, 5.41) is 0.250. The smallest absolute Gasteiger partial charge is 0.141 e. The average Bonchev–Trinajstić information content (AvgIpc) is 2.08. The summed E-state index contributed by atoms with van der Waals surface area (Å²) in [6.45, 7) is 4.52. The van der Waals surface area contributed by atoms with Gasteiger partial charge in [-0.05, 0) is 48.3 Å². The molecule has 1 fully saturated rings. The summed E-state index contributed by atoms with van der Waals surface area (Å²) in [6.07, 6.45) is 2.44. The maximum absolute atomic E-state index is 13.0. The Bertz CT molecular complexity index is 354. The summed E-state index contributed by atoms with van der Waals surface area (Å²) in [6, 6.07) is 5.11. The summed E-state index contributed by atoms with van der Waals surface area (Å²) < 4.78 is 13.0. The molecule has 2 rings (SSSR count). The summed E-state index contributed by atoms with van der Waals surface area (Å²) >= 11 is 5.76. The van der Waals surface area contributed by atoms with Crippen LogP contribution in [0.25, 0.3) is 0 Å². The maximum Gasteiger partial charge on any atom is 0.141 e. The van der Waals surface area contributed by atoms with Gasteiger partial charge in [0.05, 0.1) is 5.02 Å². The Labute approximate surface area is 95.4 Å². The third-order valence-corrected chi connectivity index (χ3v) is 3.82. The largest absolute Gasteiger partial charge is 0.205 e. The lowest BCUT2D eigenvalue weighted by Gasteiger charge is -2.38. The number of rotatable bonds is 2. The van der Waals surface area contributed by atoms with Crippen molar-refractivity contribution in [3.8, 4) is 0 Å². The van der Waals surface area contributed by atoms with Crippen molar-refractivity contribution in [1.29, 1.82) is 0 Å². The van der Waals surface area contributed by atoms with Gasteiger partial charge < -0.3 is 0 Å². The van der Waals surface area contributed by atoms with Crippen LogP contribution < -0.4 is 0 Å². The highest BCUT2D eigenvalue weighted by molar-refractivity contribution is 6.30. The van der Waals surface area contributed by atoms with Gasteiger partial charge >= 0.3 is 0 Å². The highest BCUT2D eigenvalue weighted by atomic mass is 35.5. The van der Waals surface area contributed by atoms with E-state index in [-0.39, 0.29) is 10.8 Å². The SMILES string of the molecule is CC(C)C1CC(c2ccc(F)c(Cl)c2)C1. The third kappa shape index (κ3) is 2.17. The summed E-state index contributed by atoms with van der Waals surface area (Å²) in [5.74, 6) is 1.87. The van der Waals surface area contributed by atoms with Gasteiger partial charge in [-0.15, -0.1) is 0 Å². The van der Waals surface area contributed by atoms with E-state index in [1.165, 1.54) is 24.5 Å². The Balaban J connectivity index is 2.04. The van der Waals surface area contributed by atoms with E-state index >= 15 is 0 Å². The Kier molecular flexibility index (Phi) is 3.01. The summed E-state index contributed by atoms with van der Waals surface area (Å²) in [7, 11) is 0. The molecule has 0 aliphatic heterocycles. The molecule has 1 aliphatic rings. The monoisotopic (exact) mass is 226 g/mol. The van der Waals surface area contributed by atoms with Crippen LogP contribution in [0, 0.1) is 17.7 Å². The van der Waals surface area contributed by atoms with Gasteiger partial charge in [0.2, 0.25) is 0 Å². The molecule has 1 aliphatic carbocycles. The molecule has 2 heteroatoms. The quantitative estimate of drug-likeness (QED) is 0.690. The molecule has 0 amide bonds. The number of benzene rings is 1. The minimum atomic E-state index is -0.319. The second-order valence-corrected chi connectivity index (χ2v) is 5.25. The number of hydrogen-bond donors (Lipinski definition) is 0. The van der Waals surface area contributed by atoms with Crippen molar-refractivity contribution >= 4 is 11.6 Å². The molecular formula is C13H16ClF. The Hall–Kier alpha value is -0.560. The van der Waals surface area contributed by atoms with Gasteiger partial charge in [-0.2, -0.15) is 0 Å². The topological polar surface area (TPSA) is 0 Å². The molecule has 0 heterocycles. The van der Waals surface area contributed by atoms with Crippen molar-refractivity contribution in [3.63, 3.8) is 0 Å². The molecule has 0 aromatic heterocycles. The van der Waals surface area contributed by atoms with Crippen molar-refractivity contribution in [3.05, 3.63) is 34.6 Å². The molecule has 1 aromatic rings. The number of hydrogen-bond acceptors (Lipinski definition) is 0. The predicted molar refractivity (Wildman–Crippen MR) is 61.7 cm³/mol. The first kappa shape index (κ1) is 10.9. The molecule has 0 radical (unpaired) electrons. The molecule has 0 bridgehead atoms. The molecule has 1 aromatic carbocycles. The molecule has 15 heavy (non-hydrogen) atoms. The summed E-state index contributed by atoms with van der Waals surface area (Å²) in [5.41, 5.74) is 1.19. The van der Waals surface area contributed by atoms with Crippen LogP contribution in [0.5, 0.6) is 0 Å². The highest BCUT2D eigenvalue weighted by Gasteiger charge is 2.32. The van der Waals surface area contributed by atoms with Crippen molar-refractivity contribution in [1.82, 2.24) is 0 Å². The minimum Gasteiger partial charge on any atom is -0.205 e. The van der Waals surface area contributed by atoms with E-state index in [2.05, 4.69) is 13.8 Å². The fourth-order valence-electron chi connectivity index (χ4n) is 2.24. The van der Waals surface area contributed by atoms with Crippen LogP contribution in [0.2, 0.25) is 5.02 Å². The van der Waals surface area contributed by atoms with Crippen LogP contribution in [0.1, 0.15) is 38.2 Å². The zero-order valence-corrected chi connectivity index (χ0v) is 9.89. The van der Waals surface area contributed by atoms with E-state index in [0.29, 0.717) is 5.92 Å². The second kappa shape index (κ2) is 4.13.